The predicted octanol–water partition coefficient (Wildman–Crippen LogP) is 3.12. The van der Waals surface area contributed by atoms with Crippen LogP contribution in [0.2, 0.25) is 0 Å². The summed E-state index contributed by atoms with van der Waals surface area (Å²) in [5.74, 6) is -0.128. The molecule has 0 aliphatic carbocycles. The fourth-order valence-electron chi connectivity index (χ4n) is 2.37. The fraction of sp³-hybridized carbons (Fsp3) is 0.278. The lowest BCUT2D eigenvalue weighted by Gasteiger charge is -2.19. The molecule has 23 heavy (non-hydrogen) atoms. The van der Waals surface area contributed by atoms with Gasteiger partial charge in [-0.2, -0.15) is 0 Å². The van der Waals surface area contributed by atoms with Gasteiger partial charge in [-0.1, -0.05) is 55.5 Å². The quantitative estimate of drug-likeness (QED) is 0.848. The van der Waals surface area contributed by atoms with Gasteiger partial charge in [-0.3, -0.25) is 4.79 Å². The Morgan fingerprint density at radius 1 is 1.00 bits per heavy atom. The zero-order valence-corrected chi connectivity index (χ0v) is 13.9. The second-order valence-corrected chi connectivity index (χ2v) is 7.44. The summed E-state index contributed by atoms with van der Waals surface area (Å²) in [5.41, 5.74) is 0.674. The van der Waals surface area contributed by atoms with Gasteiger partial charge >= 0.3 is 0 Å². The molecule has 1 N–H and O–H groups in total. The molecule has 0 fully saturated rings. The van der Waals surface area contributed by atoms with Crippen molar-refractivity contribution in [3.63, 3.8) is 0 Å². The molecule has 2 aromatic carbocycles. The molecule has 2 rings (SSSR count). The van der Waals surface area contributed by atoms with Gasteiger partial charge in [-0.05, 0) is 24.1 Å². The largest absolute Gasteiger partial charge is 0.354 e. The molecule has 0 saturated heterocycles. The van der Waals surface area contributed by atoms with E-state index in [4.69, 9.17) is 0 Å². The van der Waals surface area contributed by atoms with Crippen LogP contribution in [0.3, 0.4) is 0 Å². The number of nitrogens with one attached hydrogen (secondary N) is 1. The van der Waals surface area contributed by atoms with Crippen molar-refractivity contribution in [3.05, 3.63) is 66.2 Å². The zero-order chi connectivity index (χ0) is 16.7. The van der Waals surface area contributed by atoms with Crippen LogP contribution in [0.5, 0.6) is 0 Å². The van der Waals surface area contributed by atoms with Crippen molar-refractivity contribution in [1.29, 1.82) is 0 Å². The molecule has 122 valence electrons. The summed E-state index contributed by atoms with van der Waals surface area (Å²) in [5, 5.41) is 1.94. The summed E-state index contributed by atoms with van der Waals surface area (Å²) in [6, 6.07) is 17.3. The lowest BCUT2D eigenvalue weighted by Crippen LogP contribution is -2.31. The Morgan fingerprint density at radius 3 is 2.13 bits per heavy atom. The van der Waals surface area contributed by atoms with Crippen molar-refractivity contribution < 1.29 is 13.2 Å². The summed E-state index contributed by atoms with van der Waals surface area (Å²) < 4.78 is 25.9. The summed E-state index contributed by atoms with van der Waals surface area (Å²) in [7, 11) is -3.58. The monoisotopic (exact) mass is 331 g/mol. The van der Waals surface area contributed by atoms with Crippen LogP contribution in [0, 0.1) is 0 Å². The van der Waals surface area contributed by atoms with Crippen LogP contribution in [0.1, 0.15) is 30.6 Å². The molecule has 0 radical (unpaired) electrons. The molecule has 0 aliphatic heterocycles. The number of sulfone groups is 1. The molecule has 1 atom stereocenters. The van der Waals surface area contributed by atoms with E-state index in [2.05, 4.69) is 5.32 Å². The highest BCUT2D eigenvalue weighted by Crippen LogP contribution is 2.28. The Labute approximate surface area is 137 Å². The first-order chi connectivity index (χ1) is 11.1. The zero-order valence-electron chi connectivity index (χ0n) is 13.1. The molecule has 5 heteroatoms. The van der Waals surface area contributed by atoms with Gasteiger partial charge in [0.15, 0.2) is 9.84 Å². The third-order valence-electron chi connectivity index (χ3n) is 3.58. The van der Waals surface area contributed by atoms with E-state index in [1.165, 1.54) is 0 Å². The molecule has 0 aromatic heterocycles. The summed E-state index contributed by atoms with van der Waals surface area (Å²) in [6.07, 6.45) is 1.13. The van der Waals surface area contributed by atoms with Crippen LogP contribution in [-0.2, 0) is 14.6 Å². The first-order valence-electron chi connectivity index (χ1n) is 7.66. The minimum atomic E-state index is -3.58. The number of hydrogen-bond donors (Lipinski definition) is 1. The van der Waals surface area contributed by atoms with Crippen LogP contribution in [0.25, 0.3) is 0 Å². The normalized spacial score (nSPS) is 12.6. The topological polar surface area (TPSA) is 63.2 Å². The highest BCUT2D eigenvalue weighted by molar-refractivity contribution is 7.91. The smallest absolute Gasteiger partial charge is 0.220 e. The number of hydrogen-bond acceptors (Lipinski definition) is 3. The van der Waals surface area contributed by atoms with Crippen LogP contribution < -0.4 is 5.32 Å². The standard InChI is InChI=1S/C18H21NO3S/c1-2-9-18(20)19-14-17(15-10-5-3-6-11-15)23(21,22)16-12-7-4-8-13-16/h3-8,10-13,17H,2,9,14H2,1H3,(H,19,20)/t17-/m0/s1. The first-order valence-corrected chi connectivity index (χ1v) is 9.21. The summed E-state index contributed by atoms with van der Waals surface area (Å²) in [4.78, 5) is 12.0. The SMILES string of the molecule is CCCC(=O)NC[C@@H](c1ccccc1)S(=O)(=O)c1ccccc1. The van der Waals surface area contributed by atoms with Crippen LogP contribution in [0.4, 0.5) is 0 Å². The van der Waals surface area contributed by atoms with Crippen molar-refractivity contribution in [3.8, 4) is 0 Å². The molecule has 1 amide bonds. The highest BCUT2D eigenvalue weighted by Gasteiger charge is 2.29. The molecule has 0 aliphatic rings. The van der Waals surface area contributed by atoms with Crippen molar-refractivity contribution in [2.24, 2.45) is 0 Å². The van der Waals surface area contributed by atoms with E-state index in [1.54, 1.807) is 54.6 Å². The molecule has 0 spiro atoms. The van der Waals surface area contributed by atoms with Gasteiger partial charge in [-0.15, -0.1) is 0 Å². The number of amides is 1. The molecular formula is C18H21NO3S. The number of benzene rings is 2. The van der Waals surface area contributed by atoms with E-state index in [0.29, 0.717) is 12.0 Å². The Balaban J connectivity index is 2.32. The van der Waals surface area contributed by atoms with Crippen molar-refractivity contribution >= 4 is 15.7 Å². The van der Waals surface area contributed by atoms with Gasteiger partial charge in [0.25, 0.3) is 0 Å². The minimum Gasteiger partial charge on any atom is -0.354 e. The van der Waals surface area contributed by atoms with Gasteiger partial charge < -0.3 is 5.32 Å². The van der Waals surface area contributed by atoms with Crippen molar-refractivity contribution in [2.45, 2.75) is 29.9 Å². The van der Waals surface area contributed by atoms with Crippen molar-refractivity contribution in [1.82, 2.24) is 5.32 Å². The van der Waals surface area contributed by atoms with Gasteiger partial charge in [-0.25, -0.2) is 8.42 Å². The summed E-state index contributed by atoms with van der Waals surface area (Å²) >= 11 is 0. The van der Waals surface area contributed by atoms with E-state index in [9.17, 15) is 13.2 Å². The molecule has 0 unspecified atom stereocenters. The Morgan fingerprint density at radius 2 is 1.57 bits per heavy atom. The molecule has 0 bridgehead atoms. The maximum absolute atomic E-state index is 13.0. The third kappa shape index (κ3) is 4.42. The maximum atomic E-state index is 13.0. The third-order valence-corrected chi connectivity index (χ3v) is 5.70. The van der Waals surface area contributed by atoms with E-state index >= 15 is 0 Å². The maximum Gasteiger partial charge on any atom is 0.220 e. The molecule has 0 saturated carbocycles. The lowest BCUT2D eigenvalue weighted by atomic mass is 10.1. The Kier molecular flexibility index (Phi) is 5.93. The van der Waals surface area contributed by atoms with Crippen LogP contribution in [-0.4, -0.2) is 20.9 Å². The van der Waals surface area contributed by atoms with E-state index in [1.807, 2.05) is 13.0 Å². The Hall–Kier alpha value is -2.14. The van der Waals surface area contributed by atoms with E-state index < -0.39 is 15.1 Å². The fourth-order valence-corrected chi connectivity index (χ4v) is 4.05. The predicted molar refractivity (Wildman–Crippen MR) is 90.7 cm³/mol. The van der Waals surface area contributed by atoms with Gasteiger partial charge in [0.1, 0.15) is 5.25 Å². The van der Waals surface area contributed by atoms with Crippen LogP contribution >= 0.6 is 0 Å². The van der Waals surface area contributed by atoms with Crippen molar-refractivity contribution in [2.75, 3.05) is 6.54 Å². The second-order valence-electron chi connectivity index (χ2n) is 5.31. The van der Waals surface area contributed by atoms with Crippen LogP contribution in [0.15, 0.2) is 65.6 Å². The van der Waals surface area contributed by atoms with Gasteiger partial charge in [0.2, 0.25) is 5.91 Å². The number of rotatable bonds is 7. The average Bonchev–Trinajstić information content (AvgIpc) is 2.57. The second kappa shape index (κ2) is 7.92. The minimum absolute atomic E-state index is 0.0695. The highest BCUT2D eigenvalue weighted by atomic mass is 32.2. The lowest BCUT2D eigenvalue weighted by molar-refractivity contribution is -0.121. The molecule has 2 aromatic rings. The Bertz CT molecular complexity index is 727. The first kappa shape index (κ1) is 17.2. The van der Waals surface area contributed by atoms with Gasteiger partial charge in [0, 0.05) is 13.0 Å². The van der Waals surface area contributed by atoms with E-state index in [-0.39, 0.29) is 17.3 Å². The number of carbonyl (C=O) groups excluding carboxylic acids is 1. The average molecular weight is 331 g/mol. The number of carbonyl (C=O) groups is 1. The van der Waals surface area contributed by atoms with Gasteiger partial charge in [0.05, 0.1) is 4.90 Å². The molecule has 0 heterocycles. The summed E-state index contributed by atoms with van der Waals surface area (Å²) in [6.45, 7) is 1.98. The van der Waals surface area contributed by atoms with E-state index in [0.717, 1.165) is 6.42 Å². The molecular weight excluding hydrogens is 310 g/mol. The molecule has 4 nitrogen and oxygen atoms in total.